The fourth-order valence-electron chi connectivity index (χ4n) is 4.05. The van der Waals surface area contributed by atoms with Crippen molar-refractivity contribution in [2.24, 2.45) is 0 Å². The normalized spacial score (nSPS) is 16.1. The average molecular weight is 458 g/mol. The zero-order valence-electron chi connectivity index (χ0n) is 18.3. The average Bonchev–Trinajstić information content (AvgIpc) is 3.37. The Labute approximate surface area is 203 Å². The summed E-state index contributed by atoms with van der Waals surface area (Å²) >= 11 is -2.52. The third kappa shape index (κ3) is 5.43. The number of nitrogens with zero attached hydrogens (tertiary/aromatic N) is 3. The van der Waals surface area contributed by atoms with Gasteiger partial charge in [-0.05, 0) is 66.8 Å². The Morgan fingerprint density at radius 1 is 1.13 bits per heavy atom. The topological polar surface area (TPSA) is 89.3 Å². The van der Waals surface area contributed by atoms with Crippen LogP contribution in [-0.4, -0.2) is 38.2 Å². The number of hydrogen-bond donors (Lipinski definition) is 0. The smallest absolute Gasteiger partial charge is 0.766 e. The second-order valence-electron chi connectivity index (χ2n) is 9.05. The van der Waals surface area contributed by atoms with E-state index in [-0.39, 0.29) is 47.5 Å². The summed E-state index contributed by atoms with van der Waals surface area (Å²) in [5, 5.41) is 3.82. The van der Waals surface area contributed by atoms with Crippen LogP contribution in [0.25, 0.3) is 0 Å². The van der Waals surface area contributed by atoms with Gasteiger partial charge in [0.05, 0.1) is 0 Å². The van der Waals surface area contributed by atoms with Crippen LogP contribution in [-0.2, 0) is 48.2 Å². The van der Waals surface area contributed by atoms with Gasteiger partial charge in [-0.25, -0.2) is 0 Å². The first-order valence-electron chi connectivity index (χ1n) is 10.3. The molecule has 0 N–H and O–H groups in total. The molecule has 0 radical (unpaired) electrons. The third-order valence-electron chi connectivity index (χ3n) is 5.59. The minimum atomic E-state index is -2.52. The fourth-order valence-corrected chi connectivity index (χ4v) is 5.12. The number of hydrogen-bond acceptors (Lipinski definition) is 6. The fraction of sp³-hybridized carbons (Fsp3) is 0.600. The summed E-state index contributed by atoms with van der Waals surface area (Å²) in [7, 11) is -1.21. The molecule has 4 rings (SSSR count). The van der Waals surface area contributed by atoms with Gasteiger partial charge >= 0.3 is 35.6 Å². The van der Waals surface area contributed by atoms with Crippen LogP contribution in [0.1, 0.15) is 35.1 Å². The van der Waals surface area contributed by atoms with Crippen LogP contribution >= 0.6 is 0 Å². The SMILES string of the molecule is C[Si](C)(C)CCOCn1nc(S(=O)[O-])nc1Oc1c2c(cc3c1CCC3)CCC2.[Na+]. The first-order valence-corrected chi connectivity index (χ1v) is 15.1. The van der Waals surface area contributed by atoms with E-state index in [1.54, 1.807) is 0 Å². The van der Waals surface area contributed by atoms with Crippen LogP contribution in [0, 0.1) is 0 Å². The molecule has 30 heavy (non-hydrogen) atoms. The molecule has 0 spiro atoms. The minimum Gasteiger partial charge on any atom is -0.766 e. The molecule has 1 aromatic carbocycles. The largest absolute Gasteiger partial charge is 1.00 e. The maximum atomic E-state index is 11.4. The Balaban J connectivity index is 0.00000256. The summed E-state index contributed by atoms with van der Waals surface area (Å²) in [6.45, 7) is 7.60. The van der Waals surface area contributed by atoms with Gasteiger partial charge in [0.2, 0.25) is 5.16 Å². The molecule has 7 nitrogen and oxygen atoms in total. The van der Waals surface area contributed by atoms with Gasteiger partial charge in [-0.2, -0.15) is 9.67 Å². The molecule has 0 saturated heterocycles. The summed E-state index contributed by atoms with van der Waals surface area (Å²) in [5.41, 5.74) is 5.19. The van der Waals surface area contributed by atoms with Crippen LogP contribution in [0.4, 0.5) is 0 Å². The van der Waals surface area contributed by atoms with Gasteiger partial charge in [0.1, 0.15) is 12.5 Å². The number of ether oxygens (including phenoxy) is 2. The van der Waals surface area contributed by atoms with Crippen LogP contribution in [0.2, 0.25) is 25.7 Å². The molecule has 1 atom stereocenters. The molecule has 1 unspecified atom stereocenters. The maximum absolute atomic E-state index is 11.4. The Hall–Kier alpha value is -0.553. The van der Waals surface area contributed by atoms with Crippen LogP contribution in [0.5, 0.6) is 11.8 Å². The van der Waals surface area contributed by atoms with Crippen LogP contribution < -0.4 is 34.3 Å². The summed E-state index contributed by atoms with van der Waals surface area (Å²) in [5.74, 6) is 0.867. The molecule has 0 bridgehead atoms. The predicted octanol–water partition coefficient (Wildman–Crippen LogP) is 0.602. The van der Waals surface area contributed by atoms with Gasteiger partial charge in [-0.15, -0.1) is 5.10 Å². The summed E-state index contributed by atoms with van der Waals surface area (Å²) in [6, 6.07) is 3.55. The Kier molecular flexibility index (Phi) is 7.98. The van der Waals surface area contributed by atoms with Crippen molar-refractivity contribution in [1.82, 2.24) is 14.8 Å². The molecule has 158 valence electrons. The molecule has 0 fully saturated rings. The molecular formula is C20H28N3NaO4SSi. The summed E-state index contributed by atoms with van der Waals surface area (Å²) in [6.07, 6.45) is 6.36. The van der Waals surface area contributed by atoms with Crippen molar-refractivity contribution in [3.8, 4) is 11.8 Å². The first kappa shape index (κ1) is 24.1. The van der Waals surface area contributed by atoms with Gasteiger partial charge in [-0.3, -0.25) is 4.21 Å². The molecule has 10 heteroatoms. The van der Waals surface area contributed by atoms with Crippen LogP contribution in [0.15, 0.2) is 11.2 Å². The maximum Gasteiger partial charge on any atom is 1.00 e. The molecule has 1 aromatic heterocycles. The van der Waals surface area contributed by atoms with Crippen molar-refractivity contribution in [2.75, 3.05) is 6.61 Å². The van der Waals surface area contributed by atoms with Crippen molar-refractivity contribution >= 4 is 19.2 Å². The zero-order valence-corrected chi connectivity index (χ0v) is 22.1. The van der Waals surface area contributed by atoms with Gasteiger partial charge in [0, 0.05) is 25.8 Å². The van der Waals surface area contributed by atoms with Crippen molar-refractivity contribution in [3.05, 3.63) is 28.3 Å². The quantitative estimate of drug-likeness (QED) is 0.328. The number of aryl methyl sites for hydroxylation is 2. The van der Waals surface area contributed by atoms with Gasteiger partial charge in [0.15, 0.2) is 0 Å². The molecule has 0 aliphatic heterocycles. The van der Waals surface area contributed by atoms with E-state index in [1.165, 1.54) is 26.9 Å². The van der Waals surface area contributed by atoms with Crippen molar-refractivity contribution in [2.45, 2.75) is 76.1 Å². The van der Waals surface area contributed by atoms with E-state index in [1.807, 2.05) is 0 Å². The first-order chi connectivity index (χ1) is 13.8. The van der Waals surface area contributed by atoms with Gasteiger partial charge < -0.3 is 14.0 Å². The molecule has 0 saturated carbocycles. The van der Waals surface area contributed by atoms with Crippen molar-refractivity contribution in [1.29, 1.82) is 0 Å². The van der Waals surface area contributed by atoms with Crippen molar-refractivity contribution < 1.29 is 47.8 Å². The van der Waals surface area contributed by atoms with E-state index < -0.39 is 19.2 Å². The number of rotatable bonds is 8. The zero-order chi connectivity index (χ0) is 20.6. The minimum absolute atomic E-state index is 0. The number of benzene rings is 1. The molecular weight excluding hydrogens is 429 g/mol. The van der Waals surface area contributed by atoms with E-state index >= 15 is 0 Å². The Morgan fingerprint density at radius 3 is 2.33 bits per heavy atom. The van der Waals surface area contributed by atoms with E-state index in [2.05, 4.69) is 35.8 Å². The standard InChI is InChI=1S/C20H29N3O4SSi.Na/c1-29(2,3)11-10-26-13-23-20(21-19(22-23)28(24)25)27-18-16-8-4-6-14(16)12-15-7-5-9-17(15)18;/h12H,4-11,13H2,1-3H3,(H,24,25);/q;+1/p-1. The van der Waals surface area contributed by atoms with E-state index in [0.717, 1.165) is 50.3 Å². The second-order valence-corrected chi connectivity index (χ2v) is 15.5. The molecule has 2 aromatic rings. The molecule has 2 aliphatic rings. The molecule has 0 amide bonds. The van der Waals surface area contributed by atoms with Gasteiger partial charge in [-0.1, -0.05) is 25.7 Å². The van der Waals surface area contributed by atoms with Crippen molar-refractivity contribution in [3.63, 3.8) is 0 Å². The monoisotopic (exact) mass is 457 g/mol. The number of fused-ring (bicyclic) bond motifs is 2. The van der Waals surface area contributed by atoms with Crippen LogP contribution in [0.3, 0.4) is 0 Å². The number of aromatic nitrogens is 3. The Morgan fingerprint density at radius 2 is 1.77 bits per heavy atom. The van der Waals surface area contributed by atoms with Gasteiger partial charge in [0.25, 0.3) is 0 Å². The summed E-state index contributed by atoms with van der Waals surface area (Å²) < 4.78 is 36.3. The molecule has 2 aliphatic carbocycles. The third-order valence-corrected chi connectivity index (χ3v) is 7.76. The predicted molar refractivity (Wildman–Crippen MR) is 112 cm³/mol. The Bertz CT molecular complexity index is 913. The molecule has 1 heterocycles. The van der Waals surface area contributed by atoms with E-state index in [0.29, 0.717) is 6.61 Å². The van der Waals surface area contributed by atoms with E-state index in [9.17, 15) is 8.76 Å². The summed E-state index contributed by atoms with van der Waals surface area (Å²) in [4.78, 5) is 4.13. The second kappa shape index (κ2) is 9.93. The van der Waals surface area contributed by atoms with E-state index in [4.69, 9.17) is 9.47 Å².